The van der Waals surface area contributed by atoms with Crippen LogP contribution in [0, 0.1) is 5.92 Å². The molecular formula is C9H16BrN. The molecule has 1 aliphatic carbocycles. The lowest BCUT2D eigenvalue weighted by Gasteiger charge is -2.43. The largest absolute Gasteiger partial charge is 0.316 e. The van der Waals surface area contributed by atoms with Gasteiger partial charge in [0, 0.05) is 4.32 Å². The molecule has 1 aliphatic heterocycles. The fourth-order valence-electron chi connectivity index (χ4n) is 2.46. The maximum absolute atomic E-state index is 3.93. The highest BCUT2D eigenvalue weighted by Gasteiger charge is 2.39. The average molecular weight is 218 g/mol. The van der Waals surface area contributed by atoms with Crippen LogP contribution in [0.3, 0.4) is 0 Å². The van der Waals surface area contributed by atoms with Crippen LogP contribution in [-0.4, -0.2) is 17.4 Å². The van der Waals surface area contributed by atoms with Crippen molar-refractivity contribution in [1.82, 2.24) is 5.32 Å². The van der Waals surface area contributed by atoms with Gasteiger partial charge >= 0.3 is 0 Å². The molecule has 1 nitrogen and oxygen atoms in total. The van der Waals surface area contributed by atoms with Crippen molar-refractivity contribution in [3.63, 3.8) is 0 Å². The number of halogens is 1. The fourth-order valence-corrected chi connectivity index (χ4v) is 3.33. The number of piperidine rings is 1. The standard InChI is InChI=1S/C9H16BrN/c10-9-4-2-1-3-8(9)7-11-6-5-9/h8,11H,1-7H2/t8-,9-/m0/s1. The highest BCUT2D eigenvalue weighted by Crippen LogP contribution is 2.44. The number of nitrogens with one attached hydrogen (secondary N) is 1. The van der Waals surface area contributed by atoms with E-state index in [1.54, 1.807) is 0 Å². The van der Waals surface area contributed by atoms with Crippen molar-refractivity contribution >= 4 is 15.9 Å². The zero-order valence-corrected chi connectivity index (χ0v) is 8.49. The topological polar surface area (TPSA) is 12.0 Å². The minimum absolute atomic E-state index is 0.524. The molecule has 0 aromatic rings. The summed E-state index contributed by atoms with van der Waals surface area (Å²) in [4.78, 5) is 0. The van der Waals surface area contributed by atoms with Gasteiger partial charge in [-0.2, -0.15) is 0 Å². The monoisotopic (exact) mass is 217 g/mol. The molecule has 2 fully saturated rings. The highest BCUT2D eigenvalue weighted by molar-refractivity contribution is 9.10. The Labute approximate surface area is 77.1 Å². The normalized spacial score (nSPS) is 45.0. The lowest BCUT2D eigenvalue weighted by Crippen LogP contribution is -2.47. The molecule has 2 aliphatic rings. The lowest BCUT2D eigenvalue weighted by atomic mass is 9.75. The minimum Gasteiger partial charge on any atom is -0.316 e. The SMILES string of the molecule is Br[C@]12CCCC[C@H]1CNCC2. The van der Waals surface area contributed by atoms with E-state index in [0.717, 1.165) is 5.92 Å². The molecule has 1 N–H and O–H groups in total. The van der Waals surface area contributed by atoms with Gasteiger partial charge in [0.25, 0.3) is 0 Å². The quantitative estimate of drug-likeness (QED) is 0.615. The van der Waals surface area contributed by atoms with Gasteiger partial charge in [-0.25, -0.2) is 0 Å². The van der Waals surface area contributed by atoms with Crippen molar-refractivity contribution in [2.75, 3.05) is 13.1 Å². The maximum atomic E-state index is 3.93. The van der Waals surface area contributed by atoms with E-state index in [-0.39, 0.29) is 0 Å². The molecule has 2 heteroatoms. The molecule has 1 saturated carbocycles. The molecule has 0 aromatic heterocycles. The van der Waals surface area contributed by atoms with Gasteiger partial charge in [-0.15, -0.1) is 0 Å². The van der Waals surface area contributed by atoms with E-state index in [1.807, 2.05) is 0 Å². The van der Waals surface area contributed by atoms with Crippen LogP contribution in [0.5, 0.6) is 0 Å². The Morgan fingerprint density at radius 3 is 3.00 bits per heavy atom. The van der Waals surface area contributed by atoms with Crippen molar-refractivity contribution in [3.05, 3.63) is 0 Å². The van der Waals surface area contributed by atoms with Gasteiger partial charge in [0.15, 0.2) is 0 Å². The third kappa shape index (κ3) is 1.48. The highest BCUT2D eigenvalue weighted by atomic mass is 79.9. The van der Waals surface area contributed by atoms with E-state index < -0.39 is 0 Å². The van der Waals surface area contributed by atoms with Crippen molar-refractivity contribution in [3.8, 4) is 0 Å². The number of fused-ring (bicyclic) bond motifs is 1. The van der Waals surface area contributed by atoms with Crippen molar-refractivity contribution in [2.24, 2.45) is 5.92 Å². The van der Waals surface area contributed by atoms with Gasteiger partial charge in [0.05, 0.1) is 0 Å². The Balaban J connectivity index is 2.06. The average Bonchev–Trinajstić information content (AvgIpc) is 2.03. The summed E-state index contributed by atoms with van der Waals surface area (Å²) in [6.45, 7) is 2.45. The summed E-state index contributed by atoms with van der Waals surface area (Å²) >= 11 is 3.93. The molecule has 0 aromatic carbocycles. The van der Waals surface area contributed by atoms with Gasteiger partial charge in [-0.1, -0.05) is 28.8 Å². The predicted octanol–water partition coefficient (Wildman–Crippen LogP) is 2.30. The van der Waals surface area contributed by atoms with Crippen molar-refractivity contribution < 1.29 is 0 Å². The van der Waals surface area contributed by atoms with Crippen LogP contribution in [0.2, 0.25) is 0 Å². The third-order valence-corrected chi connectivity index (χ3v) is 4.68. The van der Waals surface area contributed by atoms with Crippen LogP contribution in [0.25, 0.3) is 0 Å². The predicted molar refractivity (Wildman–Crippen MR) is 51.1 cm³/mol. The van der Waals surface area contributed by atoms with Crippen LogP contribution in [0.4, 0.5) is 0 Å². The first-order valence-electron chi connectivity index (χ1n) is 4.71. The first kappa shape index (κ1) is 8.06. The van der Waals surface area contributed by atoms with Gasteiger partial charge < -0.3 is 5.32 Å². The summed E-state index contributed by atoms with van der Waals surface area (Å²) in [5, 5.41) is 3.48. The number of hydrogen-bond acceptors (Lipinski definition) is 1. The Morgan fingerprint density at radius 2 is 2.18 bits per heavy atom. The van der Waals surface area contributed by atoms with E-state index in [1.165, 1.54) is 45.2 Å². The molecule has 64 valence electrons. The molecule has 0 unspecified atom stereocenters. The molecule has 0 spiro atoms. The van der Waals surface area contributed by atoms with Crippen LogP contribution >= 0.6 is 15.9 Å². The Kier molecular flexibility index (Phi) is 2.24. The third-order valence-electron chi connectivity index (χ3n) is 3.23. The summed E-state index contributed by atoms with van der Waals surface area (Å²) in [6, 6.07) is 0. The molecule has 0 amide bonds. The molecule has 1 saturated heterocycles. The second-order valence-electron chi connectivity index (χ2n) is 3.93. The van der Waals surface area contributed by atoms with Gasteiger partial charge in [0.1, 0.15) is 0 Å². The second-order valence-corrected chi connectivity index (χ2v) is 5.51. The Morgan fingerprint density at radius 1 is 1.27 bits per heavy atom. The molecule has 0 radical (unpaired) electrons. The van der Waals surface area contributed by atoms with E-state index >= 15 is 0 Å². The van der Waals surface area contributed by atoms with Gasteiger partial charge in [0.2, 0.25) is 0 Å². The molecular weight excluding hydrogens is 202 g/mol. The van der Waals surface area contributed by atoms with Crippen LogP contribution in [0.15, 0.2) is 0 Å². The lowest BCUT2D eigenvalue weighted by molar-refractivity contribution is 0.224. The van der Waals surface area contributed by atoms with Crippen molar-refractivity contribution in [2.45, 2.75) is 36.4 Å². The Bertz CT molecular complexity index is 134. The summed E-state index contributed by atoms with van der Waals surface area (Å²) in [7, 11) is 0. The second kappa shape index (κ2) is 3.06. The molecule has 11 heavy (non-hydrogen) atoms. The summed E-state index contributed by atoms with van der Waals surface area (Å²) in [5.74, 6) is 0.907. The van der Waals surface area contributed by atoms with Gasteiger partial charge in [-0.05, 0) is 38.3 Å². The first-order chi connectivity index (χ1) is 5.31. The number of alkyl halides is 1. The summed E-state index contributed by atoms with van der Waals surface area (Å²) in [5.41, 5.74) is 0. The number of rotatable bonds is 0. The van der Waals surface area contributed by atoms with Crippen LogP contribution in [0.1, 0.15) is 32.1 Å². The van der Waals surface area contributed by atoms with Crippen LogP contribution < -0.4 is 5.32 Å². The first-order valence-corrected chi connectivity index (χ1v) is 5.50. The van der Waals surface area contributed by atoms with Crippen LogP contribution in [-0.2, 0) is 0 Å². The van der Waals surface area contributed by atoms with Gasteiger partial charge in [-0.3, -0.25) is 0 Å². The zero-order valence-electron chi connectivity index (χ0n) is 6.91. The zero-order chi connectivity index (χ0) is 7.73. The van der Waals surface area contributed by atoms with Crippen molar-refractivity contribution in [1.29, 1.82) is 0 Å². The minimum atomic E-state index is 0.524. The van der Waals surface area contributed by atoms with E-state index in [2.05, 4.69) is 21.2 Å². The van der Waals surface area contributed by atoms with E-state index in [4.69, 9.17) is 0 Å². The Hall–Kier alpha value is 0.440. The fraction of sp³-hybridized carbons (Fsp3) is 1.00. The molecule has 0 bridgehead atoms. The smallest absolute Gasteiger partial charge is 0.0310 e. The summed E-state index contributed by atoms with van der Waals surface area (Å²) < 4.78 is 0.524. The number of hydrogen-bond donors (Lipinski definition) is 1. The van der Waals surface area contributed by atoms with E-state index in [0.29, 0.717) is 4.32 Å². The maximum Gasteiger partial charge on any atom is 0.0310 e. The van der Waals surface area contributed by atoms with E-state index in [9.17, 15) is 0 Å². The molecule has 2 atom stereocenters. The molecule has 2 rings (SSSR count). The molecule has 1 heterocycles. The summed E-state index contributed by atoms with van der Waals surface area (Å²) in [6.07, 6.45) is 7.04.